The van der Waals surface area contributed by atoms with Crippen molar-refractivity contribution in [2.45, 2.75) is 29.4 Å². The molecule has 1 fully saturated rings. The Hall–Kier alpha value is -1.49. The Balaban J connectivity index is 1.63. The van der Waals surface area contributed by atoms with Crippen LogP contribution in [0.3, 0.4) is 0 Å². The highest BCUT2D eigenvalue weighted by Crippen LogP contribution is 2.37. The first kappa shape index (κ1) is 13.5. The number of fused-ring (bicyclic) bond motifs is 1. The molecule has 1 aromatic carbocycles. The van der Waals surface area contributed by atoms with Gasteiger partial charge in [0.2, 0.25) is 5.91 Å². The molecule has 1 N–H and O–H groups in total. The third-order valence-electron chi connectivity index (χ3n) is 3.99. The summed E-state index contributed by atoms with van der Waals surface area (Å²) in [5.41, 5.74) is 1.33. The molecule has 1 saturated heterocycles. The van der Waals surface area contributed by atoms with Crippen molar-refractivity contribution in [3.63, 3.8) is 0 Å². The second-order valence-corrected chi connectivity index (χ2v) is 6.77. The van der Waals surface area contributed by atoms with Crippen molar-refractivity contribution in [3.8, 4) is 0 Å². The summed E-state index contributed by atoms with van der Waals surface area (Å²) in [6, 6.07) is 8.30. The lowest BCUT2D eigenvalue weighted by Crippen LogP contribution is -2.45. The molecule has 0 aliphatic carbocycles. The van der Waals surface area contributed by atoms with Crippen LogP contribution in [-0.4, -0.2) is 40.2 Å². The van der Waals surface area contributed by atoms with Crippen molar-refractivity contribution < 1.29 is 14.7 Å². The Kier molecular flexibility index (Phi) is 3.70. The fourth-order valence-electron chi connectivity index (χ4n) is 2.89. The van der Waals surface area contributed by atoms with Crippen LogP contribution in [0.2, 0.25) is 0 Å². The molecular weight excluding hydrogens is 274 g/mol. The molecule has 0 saturated carbocycles. The number of hydrogen-bond donors (Lipinski definition) is 1. The number of piperidine rings is 1. The molecule has 0 spiro atoms. The maximum absolute atomic E-state index is 11.9. The number of carboxylic acids is 1. The first-order valence-electron chi connectivity index (χ1n) is 6.88. The molecule has 1 aromatic rings. The van der Waals surface area contributed by atoms with E-state index in [1.807, 2.05) is 12.1 Å². The first-order chi connectivity index (χ1) is 9.63. The van der Waals surface area contributed by atoms with Gasteiger partial charge in [0.05, 0.1) is 5.92 Å². The molecule has 3 rings (SSSR count). The number of amides is 1. The zero-order chi connectivity index (χ0) is 14.1. The van der Waals surface area contributed by atoms with Gasteiger partial charge in [-0.1, -0.05) is 18.2 Å². The molecular formula is C15H17NO3S. The second-order valence-electron chi connectivity index (χ2n) is 5.42. The number of carbonyl (C=O) groups is 2. The highest BCUT2D eigenvalue weighted by Gasteiger charge is 2.32. The smallest absolute Gasteiger partial charge is 0.308 e. The Bertz CT molecular complexity index is 521. The lowest BCUT2D eigenvalue weighted by molar-refractivity contribution is -0.147. The number of rotatable bonds is 3. The second kappa shape index (κ2) is 5.48. The van der Waals surface area contributed by atoms with Crippen molar-refractivity contribution in [1.29, 1.82) is 0 Å². The van der Waals surface area contributed by atoms with Gasteiger partial charge in [-0.05, 0) is 24.5 Å². The van der Waals surface area contributed by atoms with Gasteiger partial charge in [-0.3, -0.25) is 9.59 Å². The SMILES string of the molecule is O=C(O)C1CCC(=O)N(CC2Cc3ccccc3S2)C1. The predicted molar refractivity (Wildman–Crippen MR) is 76.7 cm³/mol. The summed E-state index contributed by atoms with van der Waals surface area (Å²) in [6.45, 7) is 1.02. The van der Waals surface area contributed by atoms with Crippen LogP contribution in [0.25, 0.3) is 0 Å². The van der Waals surface area contributed by atoms with Crippen molar-refractivity contribution in [1.82, 2.24) is 4.90 Å². The topological polar surface area (TPSA) is 57.6 Å². The van der Waals surface area contributed by atoms with Crippen molar-refractivity contribution in [2.24, 2.45) is 5.92 Å². The predicted octanol–water partition coefficient (Wildman–Crippen LogP) is 2.03. The van der Waals surface area contributed by atoms with E-state index in [9.17, 15) is 9.59 Å². The number of likely N-dealkylation sites (tertiary alicyclic amines) is 1. The number of benzene rings is 1. The molecule has 2 atom stereocenters. The fourth-order valence-corrected chi connectivity index (χ4v) is 4.23. The van der Waals surface area contributed by atoms with Gasteiger partial charge in [0.1, 0.15) is 0 Å². The minimum atomic E-state index is -0.787. The number of hydrogen-bond acceptors (Lipinski definition) is 3. The number of thioether (sulfide) groups is 1. The number of carbonyl (C=O) groups excluding carboxylic acids is 1. The molecule has 2 aliphatic rings. The highest BCUT2D eigenvalue weighted by atomic mass is 32.2. The average molecular weight is 291 g/mol. The van der Waals surface area contributed by atoms with Crippen LogP contribution in [0.5, 0.6) is 0 Å². The molecule has 2 unspecified atom stereocenters. The van der Waals surface area contributed by atoms with E-state index in [0.29, 0.717) is 31.2 Å². The first-order valence-corrected chi connectivity index (χ1v) is 7.76. The molecule has 5 heteroatoms. The molecule has 0 bridgehead atoms. The highest BCUT2D eigenvalue weighted by molar-refractivity contribution is 8.00. The third kappa shape index (κ3) is 2.68. The van der Waals surface area contributed by atoms with E-state index in [-0.39, 0.29) is 5.91 Å². The monoisotopic (exact) mass is 291 g/mol. The number of nitrogens with zero attached hydrogens (tertiary/aromatic N) is 1. The maximum atomic E-state index is 11.9. The van der Waals surface area contributed by atoms with Gasteiger partial charge in [0.15, 0.2) is 0 Å². The fraction of sp³-hybridized carbons (Fsp3) is 0.467. The Labute approximate surface area is 122 Å². The summed E-state index contributed by atoms with van der Waals surface area (Å²) in [6.07, 6.45) is 1.80. The van der Waals surface area contributed by atoms with Crippen molar-refractivity contribution in [3.05, 3.63) is 29.8 Å². The number of carboxylic acid groups (broad SMARTS) is 1. The molecule has 4 nitrogen and oxygen atoms in total. The van der Waals surface area contributed by atoms with E-state index < -0.39 is 11.9 Å². The van der Waals surface area contributed by atoms with Crippen LogP contribution in [-0.2, 0) is 16.0 Å². The molecule has 2 heterocycles. The molecule has 2 aliphatic heterocycles. The van der Waals surface area contributed by atoms with Gasteiger partial charge in [-0.2, -0.15) is 0 Å². The quantitative estimate of drug-likeness (QED) is 0.925. The lowest BCUT2D eigenvalue weighted by Gasteiger charge is -2.32. The number of aliphatic carboxylic acids is 1. The summed E-state index contributed by atoms with van der Waals surface area (Å²) >= 11 is 1.80. The van der Waals surface area contributed by atoms with Crippen molar-refractivity contribution >= 4 is 23.6 Å². The van der Waals surface area contributed by atoms with Gasteiger partial charge >= 0.3 is 5.97 Å². The summed E-state index contributed by atoms with van der Waals surface area (Å²) in [5, 5.41) is 9.45. The standard InChI is InChI=1S/C15H17NO3S/c17-14-6-5-11(15(18)19)8-16(14)9-12-7-10-3-1-2-4-13(10)20-12/h1-4,11-12H,5-9H2,(H,18,19). The van der Waals surface area contributed by atoms with E-state index in [1.54, 1.807) is 16.7 Å². The van der Waals surface area contributed by atoms with Gasteiger partial charge in [-0.25, -0.2) is 0 Å². The van der Waals surface area contributed by atoms with E-state index >= 15 is 0 Å². The zero-order valence-corrected chi connectivity index (χ0v) is 11.9. The van der Waals surface area contributed by atoms with Crippen LogP contribution in [0, 0.1) is 5.92 Å². The molecule has 1 amide bonds. The molecule has 0 radical (unpaired) electrons. The Morgan fingerprint density at radius 2 is 2.20 bits per heavy atom. The summed E-state index contributed by atoms with van der Waals surface area (Å²) < 4.78 is 0. The Morgan fingerprint density at radius 3 is 2.95 bits per heavy atom. The van der Waals surface area contributed by atoms with Crippen LogP contribution in [0.4, 0.5) is 0 Å². The van der Waals surface area contributed by atoms with Gasteiger partial charge in [0.25, 0.3) is 0 Å². The molecule has 106 valence electrons. The largest absolute Gasteiger partial charge is 0.481 e. The van der Waals surface area contributed by atoms with Crippen LogP contribution in [0.15, 0.2) is 29.2 Å². The summed E-state index contributed by atoms with van der Waals surface area (Å²) in [5.74, 6) is -1.09. The van der Waals surface area contributed by atoms with E-state index in [1.165, 1.54) is 10.5 Å². The maximum Gasteiger partial charge on any atom is 0.308 e. The Morgan fingerprint density at radius 1 is 1.40 bits per heavy atom. The molecule has 0 aromatic heterocycles. The zero-order valence-electron chi connectivity index (χ0n) is 11.1. The van der Waals surface area contributed by atoms with E-state index in [0.717, 1.165) is 6.42 Å². The summed E-state index contributed by atoms with van der Waals surface area (Å²) in [4.78, 5) is 26.1. The van der Waals surface area contributed by atoms with Crippen molar-refractivity contribution in [2.75, 3.05) is 13.1 Å². The van der Waals surface area contributed by atoms with Gasteiger partial charge < -0.3 is 10.0 Å². The lowest BCUT2D eigenvalue weighted by atomic mass is 9.97. The van der Waals surface area contributed by atoms with Crippen LogP contribution >= 0.6 is 11.8 Å². The van der Waals surface area contributed by atoms with Gasteiger partial charge in [0, 0.05) is 29.7 Å². The van der Waals surface area contributed by atoms with E-state index in [4.69, 9.17) is 5.11 Å². The minimum absolute atomic E-state index is 0.0963. The molecule has 20 heavy (non-hydrogen) atoms. The third-order valence-corrected chi connectivity index (χ3v) is 5.29. The van der Waals surface area contributed by atoms with Crippen LogP contribution in [0.1, 0.15) is 18.4 Å². The van der Waals surface area contributed by atoms with E-state index in [2.05, 4.69) is 12.1 Å². The average Bonchev–Trinajstić information content (AvgIpc) is 2.83. The van der Waals surface area contributed by atoms with Gasteiger partial charge in [-0.15, -0.1) is 11.8 Å². The van der Waals surface area contributed by atoms with Crippen LogP contribution < -0.4 is 0 Å². The summed E-state index contributed by atoms with van der Waals surface area (Å²) in [7, 11) is 0. The normalized spacial score (nSPS) is 25.6. The minimum Gasteiger partial charge on any atom is -0.481 e.